The van der Waals surface area contributed by atoms with Gasteiger partial charge >= 0.3 is 41.6 Å². The van der Waals surface area contributed by atoms with Crippen LogP contribution in [0.2, 0.25) is 0 Å². The van der Waals surface area contributed by atoms with E-state index in [9.17, 15) is 19.5 Å². The zero-order chi connectivity index (χ0) is 22.0. The fourth-order valence-corrected chi connectivity index (χ4v) is 3.43. The maximum absolute atomic E-state index is 12.5. The van der Waals surface area contributed by atoms with Gasteiger partial charge in [0.1, 0.15) is 31.2 Å². The number of nitrogens with zero attached hydrogens (tertiary/aromatic N) is 3. The second-order valence-corrected chi connectivity index (χ2v) is 6.92. The largest absolute Gasteiger partial charge is 1.00 e. The van der Waals surface area contributed by atoms with Crippen LogP contribution in [-0.2, 0) is 19.1 Å². The third kappa shape index (κ3) is 4.85. The van der Waals surface area contributed by atoms with Crippen molar-refractivity contribution in [1.82, 2.24) is 4.98 Å². The van der Waals surface area contributed by atoms with Crippen molar-refractivity contribution in [3.8, 4) is 16.9 Å². The van der Waals surface area contributed by atoms with Crippen LogP contribution in [0.4, 0.5) is 16.3 Å². The van der Waals surface area contributed by atoms with E-state index in [0.717, 1.165) is 11.1 Å². The first-order valence-electron chi connectivity index (χ1n) is 9.42. The molecule has 4 rings (SSSR count). The van der Waals surface area contributed by atoms with Crippen LogP contribution in [0.3, 0.4) is 0 Å². The number of anilines is 1. The van der Waals surface area contributed by atoms with Crippen molar-refractivity contribution in [3.05, 3.63) is 47.9 Å². The van der Waals surface area contributed by atoms with Crippen molar-refractivity contribution >= 4 is 29.5 Å². The standard InChI is InChI=1S/C21H17N3O7.Na/c1-22-18-5-3-13(9-23-18)12-2-4-14-16(8-12)29-10-15-17(31-21(28)24(14)15)11-30-20(27)7-6-19(25)26;/h2-5,8-9,15,17H,6-7,10-11H2,(H,25,26);/q;+1/p-1/t15-,17-;/m0./s1. The molecule has 0 bridgehead atoms. The fourth-order valence-electron chi connectivity index (χ4n) is 3.43. The summed E-state index contributed by atoms with van der Waals surface area (Å²) < 4.78 is 16.2. The Kier molecular flexibility index (Phi) is 7.35. The second-order valence-electron chi connectivity index (χ2n) is 6.92. The van der Waals surface area contributed by atoms with E-state index in [1.165, 1.54) is 4.90 Å². The van der Waals surface area contributed by atoms with Crippen molar-refractivity contribution in [3.63, 3.8) is 0 Å². The third-order valence-corrected chi connectivity index (χ3v) is 4.98. The monoisotopic (exact) mass is 445 g/mol. The van der Waals surface area contributed by atoms with Gasteiger partial charge in [0.15, 0.2) is 6.10 Å². The zero-order valence-electron chi connectivity index (χ0n) is 17.1. The van der Waals surface area contributed by atoms with Gasteiger partial charge in [0.25, 0.3) is 5.82 Å². The Labute approximate surface area is 205 Å². The molecule has 0 N–H and O–H groups in total. The minimum Gasteiger partial charge on any atom is -0.550 e. The van der Waals surface area contributed by atoms with E-state index in [2.05, 4.69) is 9.83 Å². The molecule has 11 heteroatoms. The zero-order valence-corrected chi connectivity index (χ0v) is 19.1. The molecule has 10 nitrogen and oxygen atoms in total. The van der Waals surface area contributed by atoms with Crippen LogP contribution in [-0.4, -0.2) is 48.4 Å². The summed E-state index contributed by atoms with van der Waals surface area (Å²) >= 11 is 0. The number of cyclic esters (lactones) is 1. The van der Waals surface area contributed by atoms with Gasteiger partial charge < -0.3 is 29.0 Å². The first-order chi connectivity index (χ1) is 15.0. The molecular weight excluding hydrogens is 429 g/mol. The number of fused-ring (bicyclic) bond motifs is 3. The van der Waals surface area contributed by atoms with E-state index in [1.54, 1.807) is 36.5 Å². The minimum absolute atomic E-state index is 0. The van der Waals surface area contributed by atoms with Crippen LogP contribution in [0.15, 0.2) is 36.5 Å². The summed E-state index contributed by atoms with van der Waals surface area (Å²) in [7, 11) is 0. The maximum atomic E-state index is 12.5. The number of aliphatic carboxylic acids is 1. The van der Waals surface area contributed by atoms with Crippen LogP contribution < -0.4 is 44.3 Å². The molecule has 0 spiro atoms. The number of esters is 1. The molecule has 2 aliphatic rings. The molecule has 158 valence electrons. The molecule has 1 aromatic carbocycles. The molecule has 1 amide bonds. The number of carbonyl (C=O) groups is 3. The minimum atomic E-state index is -1.34. The molecule has 32 heavy (non-hydrogen) atoms. The smallest absolute Gasteiger partial charge is 0.550 e. The number of amides is 1. The SMILES string of the molecule is [C-]#[N+]c1ccc(-c2ccc3c(c2)OC[C@H]2[C@H](COC(=O)CCC(=O)[O-])OC(=O)N32)cn1.[Na+]. The van der Waals surface area contributed by atoms with Crippen molar-refractivity contribution in [2.75, 3.05) is 18.1 Å². The van der Waals surface area contributed by atoms with Crippen molar-refractivity contribution in [2.45, 2.75) is 25.0 Å². The van der Waals surface area contributed by atoms with Gasteiger partial charge in [-0.2, -0.15) is 0 Å². The normalized spacial score (nSPS) is 18.2. The number of carboxylic acid groups (broad SMARTS) is 1. The molecule has 1 aromatic heterocycles. The Hall–Kier alpha value is -3.13. The number of ether oxygens (including phenoxy) is 3. The fraction of sp³-hybridized carbons (Fsp3) is 0.286. The number of benzene rings is 1. The molecule has 2 aromatic rings. The van der Waals surface area contributed by atoms with Crippen molar-refractivity contribution in [1.29, 1.82) is 0 Å². The summed E-state index contributed by atoms with van der Waals surface area (Å²) in [5.74, 6) is -1.26. The van der Waals surface area contributed by atoms with E-state index in [0.29, 0.717) is 17.3 Å². The molecule has 1 fully saturated rings. The summed E-state index contributed by atoms with van der Waals surface area (Å²) in [6.45, 7) is 6.92. The maximum Gasteiger partial charge on any atom is 1.00 e. The summed E-state index contributed by atoms with van der Waals surface area (Å²) in [4.78, 5) is 43.3. The summed E-state index contributed by atoms with van der Waals surface area (Å²) in [5.41, 5.74) is 2.14. The van der Waals surface area contributed by atoms with E-state index in [-0.39, 0.29) is 49.2 Å². The average Bonchev–Trinajstić information content (AvgIpc) is 3.11. The molecule has 0 saturated carbocycles. The Bertz CT molecular complexity index is 1080. The van der Waals surface area contributed by atoms with Crippen molar-refractivity contribution < 1.29 is 63.3 Å². The second kappa shape index (κ2) is 9.99. The summed E-state index contributed by atoms with van der Waals surface area (Å²) in [6, 6.07) is 8.23. The number of aromatic nitrogens is 1. The Morgan fingerprint density at radius 1 is 1.25 bits per heavy atom. The van der Waals surface area contributed by atoms with E-state index >= 15 is 0 Å². The molecule has 1 saturated heterocycles. The van der Waals surface area contributed by atoms with Gasteiger partial charge in [-0.1, -0.05) is 18.7 Å². The number of carbonyl (C=O) groups excluding carboxylic acids is 3. The first-order valence-corrected chi connectivity index (χ1v) is 9.42. The number of rotatable bonds is 6. The van der Waals surface area contributed by atoms with Gasteiger partial charge in [-0.05, 0) is 30.2 Å². The number of carboxylic acids is 1. The summed E-state index contributed by atoms with van der Waals surface area (Å²) in [6.07, 6.45) is -0.479. The molecule has 0 radical (unpaired) electrons. The number of hydrogen-bond acceptors (Lipinski definition) is 8. The number of pyridine rings is 1. The Morgan fingerprint density at radius 2 is 2.03 bits per heavy atom. The van der Waals surface area contributed by atoms with E-state index in [4.69, 9.17) is 20.8 Å². The predicted molar refractivity (Wildman–Crippen MR) is 103 cm³/mol. The van der Waals surface area contributed by atoms with Crippen molar-refractivity contribution in [2.24, 2.45) is 0 Å². The van der Waals surface area contributed by atoms with Gasteiger partial charge in [0, 0.05) is 11.5 Å². The van der Waals surface area contributed by atoms with Gasteiger partial charge in [-0.25, -0.2) is 4.79 Å². The Balaban J connectivity index is 0.00000289. The van der Waals surface area contributed by atoms with Crippen LogP contribution in [0.1, 0.15) is 12.8 Å². The van der Waals surface area contributed by atoms with Gasteiger partial charge in [0.05, 0.1) is 12.1 Å². The average molecular weight is 445 g/mol. The molecule has 0 aliphatic carbocycles. The van der Waals surface area contributed by atoms with E-state index in [1.807, 2.05) is 0 Å². The quantitative estimate of drug-likeness (QED) is 0.298. The van der Waals surface area contributed by atoms with Gasteiger partial charge in [-0.3, -0.25) is 9.69 Å². The molecular formula is C21H16N3NaO7. The van der Waals surface area contributed by atoms with E-state index < -0.39 is 36.6 Å². The number of hydrogen-bond donors (Lipinski definition) is 0. The van der Waals surface area contributed by atoms with Crippen LogP contribution >= 0.6 is 0 Å². The molecule has 2 atom stereocenters. The van der Waals surface area contributed by atoms with Gasteiger partial charge in [-0.15, -0.1) is 4.98 Å². The topological polar surface area (TPSA) is 122 Å². The Morgan fingerprint density at radius 3 is 2.72 bits per heavy atom. The molecule has 2 aliphatic heterocycles. The van der Waals surface area contributed by atoms with Crippen LogP contribution in [0, 0.1) is 6.57 Å². The molecule has 3 heterocycles. The molecule has 0 unspecified atom stereocenters. The predicted octanol–water partition coefficient (Wildman–Crippen LogP) is -1.54. The third-order valence-electron chi connectivity index (χ3n) is 4.98. The van der Waals surface area contributed by atoms with Crippen LogP contribution in [0.25, 0.3) is 16.0 Å². The summed E-state index contributed by atoms with van der Waals surface area (Å²) in [5, 5.41) is 10.4. The first kappa shape index (κ1) is 23.5. The van der Waals surface area contributed by atoms with Crippen LogP contribution in [0.5, 0.6) is 5.75 Å². The van der Waals surface area contributed by atoms with Gasteiger partial charge in [0.2, 0.25) is 0 Å².